The lowest BCUT2D eigenvalue weighted by Gasteiger charge is -2.35. The highest BCUT2D eigenvalue weighted by atomic mass is 15.1. The summed E-state index contributed by atoms with van der Waals surface area (Å²) in [6.07, 6.45) is 2.35. The van der Waals surface area contributed by atoms with Crippen molar-refractivity contribution >= 4 is 5.69 Å². The maximum absolute atomic E-state index is 5.79. The Bertz CT molecular complexity index is 322. The van der Waals surface area contributed by atoms with Gasteiger partial charge in [0, 0.05) is 18.8 Å². The number of fused-ring (bicyclic) bond motifs is 1. The molecule has 1 heterocycles. The molecule has 1 atom stereocenters. The van der Waals surface area contributed by atoms with E-state index >= 15 is 0 Å². The Balaban J connectivity index is 2.25. The summed E-state index contributed by atoms with van der Waals surface area (Å²) in [5, 5.41) is 0. The van der Waals surface area contributed by atoms with Crippen LogP contribution in [0.3, 0.4) is 0 Å². The first-order chi connectivity index (χ1) is 7.35. The van der Waals surface area contributed by atoms with E-state index < -0.39 is 0 Å². The van der Waals surface area contributed by atoms with Crippen LogP contribution in [-0.2, 0) is 6.42 Å². The first-order valence-electron chi connectivity index (χ1n) is 5.88. The molecule has 1 aromatic carbocycles. The number of nitrogens with zero attached hydrogens (tertiary/aromatic N) is 1. The number of anilines is 1. The fourth-order valence-electron chi connectivity index (χ4n) is 2.42. The van der Waals surface area contributed by atoms with Gasteiger partial charge in [0.2, 0.25) is 0 Å². The fraction of sp³-hybridized carbons (Fsp3) is 0.538. The van der Waals surface area contributed by atoms with Crippen molar-refractivity contribution in [3.8, 4) is 0 Å². The quantitative estimate of drug-likeness (QED) is 0.816. The minimum Gasteiger partial charge on any atom is -0.371 e. The molecule has 0 fully saturated rings. The summed E-state index contributed by atoms with van der Waals surface area (Å²) in [6.45, 7) is 5.30. The SMILES string of the molecule is CCCN1CC(CN)Cc2ccccc21. The molecule has 0 amide bonds. The first-order valence-corrected chi connectivity index (χ1v) is 5.88. The Labute approximate surface area is 92.1 Å². The van der Waals surface area contributed by atoms with Gasteiger partial charge in [-0.1, -0.05) is 25.1 Å². The average molecular weight is 204 g/mol. The van der Waals surface area contributed by atoms with Crippen LogP contribution >= 0.6 is 0 Å². The largest absolute Gasteiger partial charge is 0.371 e. The normalized spacial score (nSPS) is 20.1. The average Bonchev–Trinajstić information content (AvgIpc) is 2.29. The van der Waals surface area contributed by atoms with Gasteiger partial charge in [0.1, 0.15) is 0 Å². The van der Waals surface area contributed by atoms with Gasteiger partial charge in [-0.15, -0.1) is 0 Å². The molecule has 1 aliphatic heterocycles. The lowest BCUT2D eigenvalue weighted by Crippen LogP contribution is -2.38. The second-order valence-electron chi connectivity index (χ2n) is 4.38. The van der Waals surface area contributed by atoms with E-state index in [1.807, 2.05) is 0 Å². The Morgan fingerprint density at radius 2 is 2.20 bits per heavy atom. The summed E-state index contributed by atoms with van der Waals surface area (Å²) in [6, 6.07) is 8.73. The third-order valence-corrected chi connectivity index (χ3v) is 3.15. The van der Waals surface area contributed by atoms with Crippen molar-refractivity contribution < 1.29 is 0 Å². The van der Waals surface area contributed by atoms with Gasteiger partial charge in [-0.25, -0.2) is 0 Å². The fourth-order valence-corrected chi connectivity index (χ4v) is 2.42. The molecule has 2 heteroatoms. The van der Waals surface area contributed by atoms with Crippen molar-refractivity contribution in [3.05, 3.63) is 29.8 Å². The van der Waals surface area contributed by atoms with E-state index in [1.54, 1.807) is 0 Å². The molecular weight excluding hydrogens is 184 g/mol. The van der Waals surface area contributed by atoms with Crippen LogP contribution in [0.15, 0.2) is 24.3 Å². The van der Waals surface area contributed by atoms with Crippen LogP contribution in [0.25, 0.3) is 0 Å². The first kappa shape index (κ1) is 10.5. The molecule has 0 bridgehead atoms. The van der Waals surface area contributed by atoms with E-state index in [0.29, 0.717) is 5.92 Å². The smallest absolute Gasteiger partial charge is 0.0398 e. The number of nitrogens with two attached hydrogens (primary N) is 1. The molecule has 0 aromatic heterocycles. The molecule has 1 unspecified atom stereocenters. The second-order valence-corrected chi connectivity index (χ2v) is 4.38. The Morgan fingerprint density at radius 1 is 1.40 bits per heavy atom. The standard InChI is InChI=1S/C13H20N2/c1-2-7-15-10-11(9-14)8-12-5-3-4-6-13(12)15/h3-6,11H,2,7-10,14H2,1H3. The molecule has 0 aliphatic carbocycles. The molecule has 2 N–H and O–H groups in total. The van der Waals surface area contributed by atoms with E-state index in [2.05, 4.69) is 36.1 Å². The third-order valence-electron chi connectivity index (χ3n) is 3.15. The third kappa shape index (κ3) is 2.15. The van der Waals surface area contributed by atoms with Crippen LogP contribution in [0, 0.1) is 5.92 Å². The molecule has 0 spiro atoms. The minimum absolute atomic E-state index is 0.631. The molecule has 2 nitrogen and oxygen atoms in total. The summed E-state index contributed by atoms with van der Waals surface area (Å²) >= 11 is 0. The summed E-state index contributed by atoms with van der Waals surface area (Å²) in [4.78, 5) is 2.48. The van der Waals surface area contributed by atoms with Crippen molar-refractivity contribution in [2.45, 2.75) is 19.8 Å². The van der Waals surface area contributed by atoms with Crippen LogP contribution in [0.5, 0.6) is 0 Å². The van der Waals surface area contributed by atoms with Gasteiger partial charge in [0.15, 0.2) is 0 Å². The molecule has 1 aliphatic rings. The zero-order valence-corrected chi connectivity index (χ0v) is 9.45. The topological polar surface area (TPSA) is 29.3 Å². The van der Waals surface area contributed by atoms with Gasteiger partial charge in [-0.05, 0) is 36.9 Å². The van der Waals surface area contributed by atoms with Gasteiger partial charge >= 0.3 is 0 Å². The number of para-hydroxylation sites is 1. The van der Waals surface area contributed by atoms with Crippen LogP contribution < -0.4 is 10.6 Å². The van der Waals surface area contributed by atoms with E-state index in [0.717, 1.165) is 26.1 Å². The highest BCUT2D eigenvalue weighted by molar-refractivity contribution is 5.55. The highest BCUT2D eigenvalue weighted by Gasteiger charge is 2.22. The number of hydrogen-bond acceptors (Lipinski definition) is 2. The molecule has 0 saturated heterocycles. The number of benzene rings is 1. The van der Waals surface area contributed by atoms with Crippen LogP contribution in [0.4, 0.5) is 5.69 Å². The molecule has 0 radical (unpaired) electrons. The van der Waals surface area contributed by atoms with Crippen molar-refractivity contribution in [3.63, 3.8) is 0 Å². The van der Waals surface area contributed by atoms with E-state index in [9.17, 15) is 0 Å². The predicted molar refractivity (Wildman–Crippen MR) is 65.2 cm³/mol. The maximum atomic E-state index is 5.79. The molecule has 2 rings (SSSR count). The van der Waals surface area contributed by atoms with Crippen LogP contribution in [-0.4, -0.2) is 19.6 Å². The zero-order chi connectivity index (χ0) is 10.7. The lowest BCUT2D eigenvalue weighted by atomic mass is 9.92. The van der Waals surface area contributed by atoms with Crippen molar-refractivity contribution in [2.24, 2.45) is 11.7 Å². The van der Waals surface area contributed by atoms with Crippen molar-refractivity contribution in [2.75, 3.05) is 24.5 Å². The number of rotatable bonds is 3. The molecule has 15 heavy (non-hydrogen) atoms. The molecule has 1 aromatic rings. The lowest BCUT2D eigenvalue weighted by molar-refractivity contribution is 0.498. The van der Waals surface area contributed by atoms with Crippen LogP contribution in [0.2, 0.25) is 0 Å². The maximum Gasteiger partial charge on any atom is 0.0398 e. The van der Waals surface area contributed by atoms with Crippen LogP contribution in [0.1, 0.15) is 18.9 Å². The van der Waals surface area contributed by atoms with E-state index in [4.69, 9.17) is 5.73 Å². The van der Waals surface area contributed by atoms with E-state index in [-0.39, 0.29) is 0 Å². The van der Waals surface area contributed by atoms with E-state index in [1.165, 1.54) is 17.7 Å². The summed E-state index contributed by atoms with van der Waals surface area (Å²) < 4.78 is 0. The molecular formula is C13H20N2. The summed E-state index contributed by atoms with van der Waals surface area (Å²) in [5.41, 5.74) is 8.68. The molecule has 82 valence electrons. The Hall–Kier alpha value is -1.02. The summed E-state index contributed by atoms with van der Waals surface area (Å²) in [7, 11) is 0. The zero-order valence-electron chi connectivity index (χ0n) is 9.45. The highest BCUT2D eigenvalue weighted by Crippen LogP contribution is 2.29. The van der Waals surface area contributed by atoms with Gasteiger partial charge in [-0.2, -0.15) is 0 Å². The minimum atomic E-state index is 0.631. The predicted octanol–water partition coefficient (Wildman–Crippen LogP) is 2.03. The van der Waals surface area contributed by atoms with Crippen molar-refractivity contribution in [1.29, 1.82) is 0 Å². The Kier molecular flexibility index (Phi) is 3.27. The molecule has 0 saturated carbocycles. The Morgan fingerprint density at radius 3 is 2.93 bits per heavy atom. The number of hydrogen-bond donors (Lipinski definition) is 1. The van der Waals surface area contributed by atoms with Gasteiger partial charge < -0.3 is 10.6 Å². The van der Waals surface area contributed by atoms with Gasteiger partial charge in [0.05, 0.1) is 0 Å². The van der Waals surface area contributed by atoms with Crippen molar-refractivity contribution in [1.82, 2.24) is 0 Å². The monoisotopic (exact) mass is 204 g/mol. The summed E-state index contributed by atoms with van der Waals surface area (Å²) in [5.74, 6) is 0.631. The van der Waals surface area contributed by atoms with Gasteiger partial charge in [0.25, 0.3) is 0 Å². The second kappa shape index (κ2) is 4.67. The van der Waals surface area contributed by atoms with Gasteiger partial charge in [-0.3, -0.25) is 0 Å².